The summed E-state index contributed by atoms with van der Waals surface area (Å²) in [7, 11) is 0. The molecule has 0 bridgehead atoms. The van der Waals surface area contributed by atoms with Crippen LogP contribution in [0.1, 0.15) is 32.0 Å². The van der Waals surface area contributed by atoms with Gasteiger partial charge in [-0.25, -0.2) is 0 Å². The number of carboxylic acids is 1. The Hall–Kier alpha value is -1.43. The first-order chi connectivity index (χ1) is 7.13. The van der Waals surface area contributed by atoms with Crippen molar-refractivity contribution in [3.8, 4) is 0 Å². The third-order valence-corrected chi connectivity index (χ3v) is 1.91. The zero-order valence-corrected chi connectivity index (χ0v) is 8.86. The SMILES string of the molecule is CCCc1nc(CN[C@@H](C)C(=O)O)no1. The molecule has 0 radical (unpaired) electrons. The minimum absolute atomic E-state index is 0.306. The molecule has 0 amide bonds. The second kappa shape index (κ2) is 5.45. The van der Waals surface area contributed by atoms with E-state index in [0.717, 1.165) is 12.8 Å². The van der Waals surface area contributed by atoms with Crippen LogP contribution in [0.15, 0.2) is 4.52 Å². The van der Waals surface area contributed by atoms with E-state index < -0.39 is 12.0 Å². The molecule has 15 heavy (non-hydrogen) atoms. The maximum Gasteiger partial charge on any atom is 0.320 e. The summed E-state index contributed by atoms with van der Waals surface area (Å²) in [6.07, 6.45) is 1.70. The van der Waals surface area contributed by atoms with Crippen LogP contribution in [0.4, 0.5) is 0 Å². The van der Waals surface area contributed by atoms with Gasteiger partial charge in [-0.3, -0.25) is 10.1 Å². The normalized spacial score (nSPS) is 12.7. The van der Waals surface area contributed by atoms with Crippen molar-refractivity contribution in [3.05, 3.63) is 11.7 Å². The Kier molecular flexibility index (Phi) is 4.23. The zero-order chi connectivity index (χ0) is 11.3. The number of aliphatic carboxylic acids is 1. The van der Waals surface area contributed by atoms with Crippen LogP contribution in [0.5, 0.6) is 0 Å². The molecule has 1 aromatic rings. The molecule has 1 heterocycles. The molecule has 0 aliphatic rings. The Morgan fingerprint density at radius 1 is 1.67 bits per heavy atom. The van der Waals surface area contributed by atoms with Crippen molar-refractivity contribution in [2.45, 2.75) is 39.3 Å². The fourth-order valence-corrected chi connectivity index (χ4v) is 1.01. The third-order valence-electron chi connectivity index (χ3n) is 1.91. The predicted octanol–water partition coefficient (Wildman–Crippen LogP) is 0.585. The standard InChI is InChI=1S/C9H15N3O3/c1-3-4-8-11-7(12-15-8)5-10-6(2)9(13)14/h6,10H,3-5H2,1-2H3,(H,13,14)/t6-/m0/s1. The average molecular weight is 213 g/mol. The quantitative estimate of drug-likeness (QED) is 0.718. The molecule has 0 fully saturated rings. The molecule has 0 spiro atoms. The van der Waals surface area contributed by atoms with Gasteiger partial charge in [0, 0.05) is 6.42 Å². The Morgan fingerprint density at radius 3 is 3.00 bits per heavy atom. The van der Waals surface area contributed by atoms with Gasteiger partial charge >= 0.3 is 5.97 Å². The van der Waals surface area contributed by atoms with E-state index in [4.69, 9.17) is 9.63 Å². The van der Waals surface area contributed by atoms with Crippen molar-refractivity contribution >= 4 is 5.97 Å². The highest BCUT2D eigenvalue weighted by molar-refractivity contribution is 5.72. The maximum atomic E-state index is 10.5. The lowest BCUT2D eigenvalue weighted by Crippen LogP contribution is -2.33. The van der Waals surface area contributed by atoms with Crippen molar-refractivity contribution < 1.29 is 14.4 Å². The topological polar surface area (TPSA) is 88.2 Å². The molecule has 2 N–H and O–H groups in total. The highest BCUT2D eigenvalue weighted by Crippen LogP contribution is 2.00. The first-order valence-electron chi connectivity index (χ1n) is 4.91. The molecule has 0 saturated heterocycles. The fourth-order valence-electron chi connectivity index (χ4n) is 1.01. The molecule has 1 rings (SSSR count). The van der Waals surface area contributed by atoms with Gasteiger partial charge in [0.1, 0.15) is 6.04 Å². The maximum absolute atomic E-state index is 10.5. The summed E-state index contributed by atoms with van der Waals surface area (Å²) in [5.74, 6) is 0.191. The van der Waals surface area contributed by atoms with Gasteiger partial charge in [0.15, 0.2) is 5.82 Å². The van der Waals surface area contributed by atoms with Crippen LogP contribution in [0.3, 0.4) is 0 Å². The number of hydrogen-bond acceptors (Lipinski definition) is 5. The molecule has 84 valence electrons. The lowest BCUT2D eigenvalue weighted by molar-refractivity contribution is -0.139. The van der Waals surface area contributed by atoms with Gasteiger partial charge in [0.05, 0.1) is 6.54 Å². The molecule has 0 unspecified atom stereocenters. The van der Waals surface area contributed by atoms with Gasteiger partial charge in [-0.05, 0) is 13.3 Å². The number of carboxylic acid groups (broad SMARTS) is 1. The lowest BCUT2D eigenvalue weighted by Gasteiger charge is -2.05. The Labute approximate surface area is 87.7 Å². The van der Waals surface area contributed by atoms with E-state index in [1.165, 1.54) is 0 Å². The van der Waals surface area contributed by atoms with E-state index in [2.05, 4.69) is 15.5 Å². The predicted molar refractivity (Wildman–Crippen MR) is 52.2 cm³/mol. The van der Waals surface area contributed by atoms with Crippen molar-refractivity contribution in [1.82, 2.24) is 15.5 Å². The molecule has 6 heteroatoms. The molecule has 0 aromatic carbocycles. The van der Waals surface area contributed by atoms with Crippen molar-refractivity contribution in [1.29, 1.82) is 0 Å². The molecular weight excluding hydrogens is 198 g/mol. The van der Waals surface area contributed by atoms with Gasteiger partial charge in [-0.15, -0.1) is 0 Å². The Balaban J connectivity index is 2.40. The first-order valence-corrected chi connectivity index (χ1v) is 4.91. The summed E-state index contributed by atoms with van der Waals surface area (Å²) < 4.78 is 4.95. The van der Waals surface area contributed by atoms with Crippen LogP contribution < -0.4 is 5.32 Å². The highest BCUT2D eigenvalue weighted by atomic mass is 16.5. The van der Waals surface area contributed by atoms with Gasteiger partial charge in [0.2, 0.25) is 5.89 Å². The number of nitrogens with one attached hydrogen (secondary N) is 1. The largest absolute Gasteiger partial charge is 0.480 e. The summed E-state index contributed by atoms with van der Waals surface area (Å²) in [5, 5.41) is 15.1. The summed E-state index contributed by atoms with van der Waals surface area (Å²) in [6.45, 7) is 3.89. The van der Waals surface area contributed by atoms with Crippen LogP contribution in [0, 0.1) is 0 Å². The summed E-state index contributed by atoms with van der Waals surface area (Å²) >= 11 is 0. The van der Waals surface area contributed by atoms with E-state index in [1.807, 2.05) is 6.92 Å². The Morgan fingerprint density at radius 2 is 2.40 bits per heavy atom. The van der Waals surface area contributed by atoms with Crippen molar-refractivity contribution in [2.75, 3.05) is 0 Å². The van der Waals surface area contributed by atoms with Crippen molar-refractivity contribution in [3.63, 3.8) is 0 Å². The van der Waals surface area contributed by atoms with Gasteiger partial charge in [-0.2, -0.15) is 4.98 Å². The summed E-state index contributed by atoms with van der Waals surface area (Å²) in [4.78, 5) is 14.6. The van der Waals surface area contributed by atoms with Gasteiger partial charge < -0.3 is 9.63 Å². The van der Waals surface area contributed by atoms with Crippen LogP contribution in [0.25, 0.3) is 0 Å². The average Bonchev–Trinajstić information content (AvgIpc) is 2.62. The smallest absolute Gasteiger partial charge is 0.320 e. The number of nitrogens with zero attached hydrogens (tertiary/aromatic N) is 2. The second-order valence-electron chi connectivity index (χ2n) is 3.30. The summed E-state index contributed by atoms with van der Waals surface area (Å²) in [6, 6.07) is -0.613. The number of rotatable bonds is 6. The monoisotopic (exact) mass is 213 g/mol. The highest BCUT2D eigenvalue weighted by Gasteiger charge is 2.11. The first kappa shape index (κ1) is 11.6. The molecule has 0 aliphatic heterocycles. The van der Waals surface area contributed by atoms with Gasteiger partial charge in [0.25, 0.3) is 0 Å². The Bertz CT molecular complexity index is 324. The van der Waals surface area contributed by atoms with E-state index >= 15 is 0 Å². The molecular formula is C9H15N3O3. The summed E-state index contributed by atoms with van der Waals surface area (Å²) in [5.41, 5.74) is 0. The molecule has 6 nitrogen and oxygen atoms in total. The van der Waals surface area contributed by atoms with Gasteiger partial charge in [-0.1, -0.05) is 12.1 Å². The molecule has 0 aliphatic carbocycles. The third kappa shape index (κ3) is 3.67. The van der Waals surface area contributed by atoms with Crippen LogP contribution >= 0.6 is 0 Å². The number of aromatic nitrogens is 2. The fraction of sp³-hybridized carbons (Fsp3) is 0.667. The van der Waals surface area contributed by atoms with E-state index in [0.29, 0.717) is 18.3 Å². The van der Waals surface area contributed by atoms with E-state index in [9.17, 15) is 4.79 Å². The number of carbonyl (C=O) groups is 1. The molecule has 1 atom stereocenters. The van der Waals surface area contributed by atoms with E-state index in [1.54, 1.807) is 6.92 Å². The minimum atomic E-state index is -0.896. The number of hydrogen-bond donors (Lipinski definition) is 2. The van der Waals surface area contributed by atoms with Crippen molar-refractivity contribution in [2.24, 2.45) is 0 Å². The van der Waals surface area contributed by atoms with Crippen LogP contribution in [-0.2, 0) is 17.8 Å². The van der Waals surface area contributed by atoms with Crippen LogP contribution in [-0.4, -0.2) is 27.3 Å². The lowest BCUT2D eigenvalue weighted by atomic mass is 10.3. The minimum Gasteiger partial charge on any atom is -0.480 e. The molecule has 0 saturated carbocycles. The van der Waals surface area contributed by atoms with Crippen LogP contribution in [0.2, 0.25) is 0 Å². The molecule has 1 aromatic heterocycles. The number of aryl methyl sites for hydroxylation is 1. The zero-order valence-electron chi connectivity index (χ0n) is 8.86. The second-order valence-corrected chi connectivity index (χ2v) is 3.30. The van der Waals surface area contributed by atoms with E-state index in [-0.39, 0.29) is 0 Å².